The molecule has 1 heterocycles. The zero-order valence-corrected chi connectivity index (χ0v) is 12.9. The van der Waals surface area contributed by atoms with Gasteiger partial charge in [-0.05, 0) is 28.4 Å². The van der Waals surface area contributed by atoms with E-state index in [2.05, 4.69) is 22.9 Å². The molecule has 3 heteroatoms. The van der Waals surface area contributed by atoms with Gasteiger partial charge in [0.25, 0.3) is 0 Å². The molecule has 0 bridgehead atoms. The lowest BCUT2D eigenvalue weighted by Crippen LogP contribution is -1.96. The molecular formula is C15H25BrO2. The van der Waals surface area contributed by atoms with Crippen LogP contribution in [0.4, 0.5) is 0 Å². The molecule has 0 aliphatic heterocycles. The van der Waals surface area contributed by atoms with E-state index in [1.54, 1.807) is 6.26 Å². The fraction of sp³-hybridized carbons (Fsp3) is 0.733. The summed E-state index contributed by atoms with van der Waals surface area (Å²) in [7, 11) is 0. The molecule has 0 aliphatic carbocycles. The number of rotatable bonds is 10. The highest BCUT2D eigenvalue weighted by atomic mass is 79.9. The van der Waals surface area contributed by atoms with Gasteiger partial charge in [-0.1, -0.05) is 58.3 Å². The molecule has 1 rings (SSSR count). The summed E-state index contributed by atoms with van der Waals surface area (Å²) in [4.78, 5) is 0. The Morgan fingerprint density at radius 3 is 2.28 bits per heavy atom. The third-order valence-electron chi connectivity index (χ3n) is 3.28. The van der Waals surface area contributed by atoms with Gasteiger partial charge in [0.1, 0.15) is 11.9 Å². The average Bonchev–Trinajstić information content (AvgIpc) is 2.79. The number of halogens is 1. The maximum Gasteiger partial charge on any atom is 0.146 e. The zero-order valence-electron chi connectivity index (χ0n) is 11.3. The molecule has 0 radical (unpaired) electrons. The van der Waals surface area contributed by atoms with E-state index in [1.165, 1.54) is 44.9 Å². The lowest BCUT2D eigenvalue weighted by Gasteiger charge is -2.08. The van der Waals surface area contributed by atoms with E-state index in [1.807, 2.05) is 6.07 Å². The van der Waals surface area contributed by atoms with Crippen LogP contribution in [-0.4, -0.2) is 5.11 Å². The summed E-state index contributed by atoms with van der Waals surface area (Å²) < 4.78 is 6.12. The Hall–Kier alpha value is -0.280. The smallest absolute Gasteiger partial charge is 0.146 e. The van der Waals surface area contributed by atoms with Gasteiger partial charge in [-0.2, -0.15) is 0 Å². The van der Waals surface area contributed by atoms with Crippen LogP contribution in [0.15, 0.2) is 21.2 Å². The second-order valence-electron chi connectivity index (χ2n) is 4.91. The van der Waals surface area contributed by atoms with Crippen LogP contribution >= 0.6 is 15.9 Å². The topological polar surface area (TPSA) is 33.4 Å². The molecule has 0 aromatic carbocycles. The molecule has 1 aromatic heterocycles. The van der Waals surface area contributed by atoms with E-state index in [4.69, 9.17) is 4.42 Å². The van der Waals surface area contributed by atoms with E-state index < -0.39 is 6.10 Å². The van der Waals surface area contributed by atoms with E-state index >= 15 is 0 Å². The van der Waals surface area contributed by atoms with Gasteiger partial charge in [-0.25, -0.2) is 0 Å². The van der Waals surface area contributed by atoms with Gasteiger partial charge in [-0.15, -0.1) is 0 Å². The largest absolute Gasteiger partial charge is 0.465 e. The van der Waals surface area contributed by atoms with Gasteiger partial charge in [0.05, 0.1) is 10.7 Å². The first-order valence-electron chi connectivity index (χ1n) is 7.16. The van der Waals surface area contributed by atoms with Crippen LogP contribution in [0.3, 0.4) is 0 Å². The monoisotopic (exact) mass is 316 g/mol. The number of furan rings is 1. The number of hydrogen-bond donors (Lipinski definition) is 1. The van der Waals surface area contributed by atoms with Crippen molar-refractivity contribution in [2.24, 2.45) is 0 Å². The zero-order chi connectivity index (χ0) is 13.2. The van der Waals surface area contributed by atoms with Crippen molar-refractivity contribution in [1.82, 2.24) is 0 Å². The normalized spacial score (nSPS) is 12.8. The van der Waals surface area contributed by atoms with E-state index in [-0.39, 0.29) is 0 Å². The molecule has 1 N–H and O–H groups in total. The van der Waals surface area contributed by atoms with Gasteiger partial charge in [0.15, 0.2) is 0 Å². The lowest BCUT2D eigenvalue weighted by molar-refractivity contribution is 0.135. The maximum absolute atomic E-state index is 9.94. The first kappa shape index (κ1) is 15.8. The Bertz CT molecular complexity index is 309. The van der Waals surface area contributed by atoms with E-state index in [9.17, 15) is 5.11 Å². The van der Waals surface area contributed by atoms with Gasteiger partial charge in [-0.3, -0.25) is 0 Å². The molecule has 0 aliphatic rings. The molecule has 2 nitrogen and oxygen atoms in total. The first-order valence-corrected chi connectivity index (χ1v) is 7.96. The third-order valence-corrected chi connectivity index (χ3v) is 3.93. The Morgan fingerprint density at radius 2 is 1.72 bits per heavy atom. The summed E-state index contributed by atoms with van der Waals surface area (Å²) in [6.45, 7) is 2.24. The number of unbranched alkanes of at least 4 members (excludes halogenated alkanes) is 7. The highest BCUT2D eigenvalue weighted by molar-refractivity contribution is 9.10. The van der Waals surface area contributed by atoms with Crippen LogP contribution in [-0.2, 0) is 0 Å². The summed E-state index contributed by atoms with van der Waals surface area (Å²) in [5, 5.41) is 9.94. The van der Waals surface area contributed by atoms with Crippen LogP contribution in [0, 0.1) is 0 Å². The Kier molecular flexibility index (Phi) is 8.44. The van der Waals surface area contributed by atoms with E-state index in [0.29, 0.717) is 5.76 Å². The third kappa shape index (κ3) is 6.05. The molecule has 104 valence electrons. The predicted octanol–water partition coefficient (Wildman–Crippen LogP) is 5.61. The lowest BCUT2D eigenvalue weighted by atomic mass is 10.0. The van der Waals surface area contributed by atoms with Gasteiger partial charge in [0, 0.05) is 0 Å². The minimum atomic E-state index is -0.463. The molecule has 0 spiro atoms. The summed E-state index contributed by atoms with van der Waals surface area (Å²) in [6, 6.07) is 1.83. The molecule has 0 saturated carbocycles. The van der Waals surface area contributed by atoms with Crippen molar-refractivity contribution in [1.29, 1.82) is 0 Å². The summed E-state index contributed by atoms with van der Waals surface area (Å²) in [5.41, 5.74) is 0. The fourth-order valence-electron chi connectivity index (χ4n) is 2.15. The van der Waals surface area contributed by atoms with Crippen LogP contribution in [0.5, 0.6) is 0 Å². The van der Waals surface area contributed by atoms with Crippen LogP contribution in [0.1, 0.15) is 76.6 Å². The van der Waals surface area contributed by atoms with Gasteiger partial charge >= 0.3 is 0 Å². The Morgan fingerprint density at radius 1 is 1.11 bits per heavy atom. The summed E-state index contributed by atoms with van der Waals surface area (Å²) >= 11 is 3.37. The van der Waals surface area contributed by atoms with Crippen molar-refractivity contribution < 1.29 is 9.52 Å². The summed E-state index contributed by atoms with van der Waals surface area (Å²) in [6.07, 6.45) is 12.3. The fourth-order valence-corrected chi connectivity index (χ4v) is 2.61. The molecule has 0 fully saturated rings. The molecule has 1 unspecified atom stereocenters. The molecule has 18 heavy (non-hydrogen) atoms. The van der Waals surface area contributed by atoms with Gasteiger partial charge in [0.2, 0.25) is 0 Å². The van der Waals surface area contributed by atoms with E-state index in [0.717, 1.165) is 17.3 Å². The van der Waals surface area contributed by atoms with Crippen LogP contribution in [0.2, 0.25) is 0 Å². The predicted molar refractivity (Wildman–Crippen MR) is 78.6 cm³/mol. The van der Waals surface area contributed by atoms with Crippen molar-refractivity contribution in [2.75, 3.05) is 0 Å². The van der Waals surface area contributed by atoms with Crippen molar-refractivity contribution >= 4 is 15.9 Å². The molecule has 1 atom stereocenters. The molecule has 0 amide bonds. The van der Waals surface area contributed by atoms with Crippen molar-refractivity contribution in [3.05, 3.63) is 22.6 Å². The standard InChI is InChI=1S/C15H25BrO2/c1-2-3-4-5-6-7-8-9-10-14(17)15-13(16)11-12-18-15/h11-12,14,17H,2-10H2,1H3. The Balaban J connectivity index is 1.99. The molecule has 0 saturated heterocycles. The maximum atomic E-state index is 9.94. The minimum Gasteiger partial charge on any atom is -0.465 e. The van der Waals surface area contributed by atoms with Crippen molar-refractivity contribution in [3.8, 4) is 0 Å². The SMILES string of the molecule is CCCCCCCCCCC(O)c1occc1Br. The quantitative estimate of drug-likeness (QED) is 0.569. The number of aliphatic hydroxyl groups is 1. The first-order chi connectivity index (χ1) is 8.75. The van der Waals surface area contributed by atoms with Crippen LogP contribution < -0.4 is 0 Å². The highest BCUT2D eigenvalue weighted by Gasteiger charge is 2.13. The molecular weight excluding hydrogens is 292 g/mol. The molecule has 1 aromatic rings. The van der Waals surface area contributed by atoms with Gasteiger partial charge < -0.3 is 9.52 Å². The average molecular weight is 317 g/mol. The van der Waals surface area contributed by atoms with Crippen molar-refractivity contribution in [2.45, 2.75) is 70.8 Å². The second-order valence-corrected chi connectivity index (χ2v) is 5.77. The minimum absolute atomic E-state index is 0.463. The van der Waals surface area contributed by atoms with Crippen molar-refractivity contribution in [3.63, 3.8) is 0 Å². The highest BCUT2D eigenvalue weighted by Crippen LogP contribution is 2.28. The Labute approximate surface area is 119 Å². The number of aliphatic hydroxyl groups excluding tert-OH is 1. The second kappa shape index (κ2) is 9.62. The van der Waals surface area contributed by atoms with Crippen LogP contribution in [0.25, 0.3) is 0 Å². The summed E-state index contributed by atoms with van der Waals surface area (Å²) in [5.74, 6) is 0.665. The number of hydrogen-bond acceptors (Lipinski definition) is 2.